The van der Waals surface area contributed by atoms with E-state index in [1.165, 1.54) is 11.6 Å². The van der Waals surface area contributed by atoms with Crippen LogP contribution in [0.15, 0.2) is 24.3 Å². The fraction of sp³-hybridized carbons (Fsp3) is 0.571. The van der Waals surface area contributed by atoms with Crippen LogP contribution in [0.4, 0.5) is 0 Å². The van der Waals surface area contributed by atoms with Gasteiger partial charge in [-0.05, 0) is 11.6 Å². The third-order valence-electron chi connectivity index (χ3n) is 4.22. The van der Waals surface area contributed by atoms with Crippen molar-refractivity contribution in [1.29, 1.82) is 0 Å². The van der Waals surface area contributed by atoms with Crippen molar-refractivity contribution >= 4 is 13.3 Å². The average Bonchev–Trinajstić information content (AvgIpc) is 2.87. The zero-order valence-electron chi connectivity index (χ0n) is 10.8. The lowest BCUT2D eigenvalue weighted by molar-refractivity contribution is -0.0875. The molecule has 0 amide bonds. The first-order chi connectivity index (χ1) is 8.04. The molecule has 2 nitrogen and oxygen atoms in total. The van der Waals surface area contributed by atoms with E-state index >= 15 is 0 Å². The van der Waals surface area contributed by atoms with Crippen LogP contribution in [0, 0.1) is 0 Å². The number of hydrogen-bond donors (Lipinski definition) is 0. The van der Waals surface area contributed by atoms with Crippen molar-refractivity contribution in [3.8, 4) is 0 Å². The Hall–Kier alpha value is -0.643. The second kappa shape index (κ2) is 3.67. The largest absolute Gasteiger partial charge is 0.349 e. The first-order valence-corrected chi connectivity index (χ1v) is 9.58. The van der Waals surface area contributed by atoms with Crippen molar-refractivity contribution in [2.24, 2.45) is 0 Å². The van der Waals surface area contributed by atoms with E-state index in [1.54, 1.807) is 5.19 Å². The molecule has 0 spiro atoms. The normalized spacial score (nSPS) is 31.7. The molecule has 1 aromatic carbocycles. The van der Waals surface area contributed by atoms with Crippen LogP contribution in [0.3, 0.4) is 0 Å². The Morgan fingerprint density at radius 1 is 1.18 bits per heavy atom. The molecule has 3 rings (SSSR count). The molecule has 0 bridgehead atoms. The summed E-state index contributed by atoms with van der Waals surface area (Å²) in [5.41, 5.74) is 1.52. The Labute approximate surface area is 104 Å². The fourth-order valence-corrected chi connectivity index (χ4v) is 7.65. The Kier molecular flexibility index (Phi) is 2.47. The zero-order valence-corrected chi connectivity index (χ0v) is 11.8. The molecule has 3 heteroatoms. The molecule has 0 unspecified atom stereocenters. The van der Waals surface area contributed by atoms with Gasteiger partial charge in [0.2, 0.25) is 0 Å². The molecule has 2 aliphatic rings. The Bertz CT molecular complexity index is 438. The van der Waals surface area contributed by atoms with E-state index in [4.69, 9.17) is 9.47 Å². The summed E-state index contributed by atoms with van der Waals surface area (Å²) in [6.45, 7) is 8.69. The molecule has 1 saturated heterocycles. The van der Waals surface area contributed by atoms with E-state index in [-0.39, 0.29) is 11.7 Å². The van der Waals surface area contributed by atoms with Gasteiger partial charge in [-0.2, -0.15) is 0 Å². The highest BCUT2D eigenvalue weighted by Gasteiger charge is 2.51. The number of benzene rings is 1. The van der Waals surface area contributed by atoms with Crippen LogP contribution < -0.4 is 5.19 Å². The van der Waals surface area contributed by atoms with Gasteiger partial charge in [0.25, 0.3) is 0 Å². The molecule has 0 aromatic heterocycles. The minimum atomic E-state index is -1.32. The maximum atomic E-state index is 5.79. The number of ether oxygens (including phenoxy) is 2. The van der Waals surface area contributed by atoms with E-state index in [0.29, 0.717) is 0 Å². The molecule has 1 aromatic rings. The van der Waals surface area contributed by atoms with E-state index in [9.17, 15) is 0 Å². The monoisotopic (exact) mass is 248 g/mol. The predicted octanol–water partition coefficient (Wildman–Crippen LogP) is 2.25. The summed E-state index contributed by atoms with van der Waals surface area (Å²) in [6, 6.07) is 10.1. The SMILES string of the molecule is C[C@@]1(C2OCCO2)C[Si](C)(C)c2ccccc21. The fourth-order valence-electron chi connectivity index (χ4n) is 3.62. The molecule has 1 atom stereocenters. The Morgan fingerprint density at radius 2 is 1.82 bits per heavy atom. The molecule has 0 N–H and O–H groups in total. The Balaban J connectivity index is 2.09. The summed E-state index contributed by atoms with van der Waals surface area (Å²) < 4.78 is 11.6. The molecule has 0 aliphatic carbocycles. The van der Waals surface area contributed by atoms with Crippen LogP contribution >= 0.6 is 0 Å². The molecular formula is C14H20O2Si. The molecule has 2 heterocycles. The lowest BCUT2D eigenvalue weighted by atomic mass is 9.84. The van der Waals surface area contributed by atoms with Gasteiger partial charge in [0.05, 0.1) is 21.3 Å². The molecule has 2 aliphatic heterocycles. The van der Waals surface area contributed by atoms with Gasteiger partial charge in [-0.3, -0.25) is 0 Å². The van der Waals surface area contributed by atoms with Crippen LogP contribution in [0.25, 0.3) is 0 Å². The predicted molar refractivity (Wildman–Crippen MR) is 71.4 cm³/mol. The van der Waals surface area contributed by atoms with Gasteiger partial charge >= 0.3 is 0 Å². The van der Waals surface area contributed by atoms with Crippen molar-refractivity contribution in [3.63, 3.8) is 0 Å². The van der Waals surface area contributed by atoms with Crippen LogP contribution in [0.1, 0.15) is 12.5 Å². The maximum absolute atomic E-state index is 5.79. The number of hydrogen-bond acceptors (Lipinski definition) is 2. The van der Waals surface area contributed by atoms with Gasteiger partial charge in [-0.15, -0.1) is 0 Å². The van der Waals surface area contributed by atoms with Crippen LogP contribution in [-0.2, 0) is 14.9 Å². The molecule has 0 radical (unpaired) electrons. The summed E-state index contributed by atoms with van der Waals surface area (Å²) in [5.74, 6) is 0. The van der Waals surface area contributed by atoms with Crippen LogP contribution in [0.5, 0.6) is 0 Å². The van der Waals surface area contributed by atoms with Crippen LogP contribution in [-0.4, -0.2) is 27.6 Å². The van der Waals surface area contributed by atoms with Crippen molar-refractivity contribution in [1.82, 2.24) is 0 Å². The lowest BCUT2D eigenvalue weighted by Crippen LogP contribution is -2.39. The lowest BCUT2D eigenvalue weighted by Gasteiger charge is -2.31. The number of rotatable bonds is 1. The number of fused-ring (bicyclic) bond motifs is 1. The molecule has 17 heavy (non-hydrogen) atoms. The second-order valence-corrected chi connectivity index (χ2v) is 10.8. The van der Waals surface area contributed by atoms with Crippen LogP contribution in [0.2, 0.25) is 19.1 Å². The van der Waals surface area contributed by atoms with Gasteiger partial charge in [-0.25, -0.2) is 0 Å². The smallest absolute Gasteiger partial charge is 0.166 e. The molecule has 1 fully saturated rings. The average molecular weight is 248 g/mol. The summed E-state index contributed by atoms with van der Waals surface area (Å²) in [5, 5.41) is 1.58. The third kappa shape index (κ3) is 1.60. The highest BCUT2D eigenvalue weighted by Crippen LogP contribution is 2.44. The maximum Gasteiger partial charge on any atom is 0.166 e. The van der Waals surface area contributed by atoms with E-state index in [1.807, 2.05) is 0 Å². The quantitative estimate of drug-likeness (QED) is 0.710. The molecular weight excluding hydrogens is 228 g/mol. The first kappa shape index (κ1) is 11.4. The van der Waals surface area contributed by atoms with Crippen molar-refractivity contribution < 1.29 is 9.47 Å². The van der Waals surface area contributed by atoms with Gasteiger partial charge in [0.15, 0.2) is 6.29 Å². The molecule has 0 saturated carbocycles. The third-order valence-corrected chi connectivity index (χ3v) is 7.74. The minimum absolute atomic E-state index is 0.0436. The highest BCUT2D eigenvalue weighted by atomic mass is 28.3. The van der Waals surface area contributed by atoms with E-state index < -0.39 is 8.07 Å². The van der Waals surface area contributed by atoms with Crippen molar-refractivity contribution in [2.75, 3.05) is 13.2 Å². The zero-order chi connectivity index (χ0) is 12.1. The van der Waals surface area contributed by atoms with Gasteiger partial charge < -0.3 is 9.47 Å². The van der Waals surface area contributed by atoms with Gasteiger partial charge in [0.1, 0.15) is 0 Å². The molecule has 92 valence electrons. The Morgan fingerprint density at radius 3 is 2.53 bits per heavy atom. The van der Waals surface area contributed by atoms with E-state index in [0.717, 1.165) is 13.2 Å². The first-order valence-electron chi connectivity index (χ1n) is 6.37. The van der Waals surface area contributed by atoms with Crippen molar-refractivity contribution in [3.05, 3.63) is 29.8 Å². The summed E-state index contributed by atoms with van der Waals surface area (Å²) in [7, 11) is -1.32. The summed E-state index contributed by atoms with van der Waals surface area (Å²) in [4.78, 5) is 0. The standard InChI is InChI=1S/C14H20O2Si/c1-14(13-15-8-9-16-13)10-17(2,3)12-7-5-4-6-11(12)14/h4-7,13H,8-10H2,1-3H3/t14-/m1/s1. The summed E-state index contributed by atoms with van der Waals surface area (Å²) >= 11 is 0. The topological polar surface area (TPSA) is 18.5 Å². The van der Waals surface area contributed by atoms with Crippen molar-refractivity contribution in [2.45, 2.75) is 37.8 Å². The highest BCUT2D eigenvalue weighted by molar-refractivity contribution is 6.91. The van der Waals surface area contributed by atoms with Gasteiger partial charge in [0, 0.05) is 5.41 Å². The van der Waals surface area contributed by atoms with Gasteiger partial charge in [-0.1, -0.05) is 49.5 Å². The summed E-state index contributed by atoms with van der Waals surface area (Å²) in [6.07, 6.45) is -0.0436. The minimum Gasteiger partial charge on any atom is -0.349 e. The second-order valence-electron chi connectivity index (χ2n) is 6.10. The van der Waals surface area contributed by atoms with E-state index in [2.05, 4.69) is 44.3 Å².